The first-order chi connectivity index (χ1) is 9.65. The Balaban J connectivity index is 2.20. The molecule has 2 aromatic rings. The molecule has 2 N–H and O–H groups in total. The number of carbonyl (C=O) groups excluding carboxylic acids is 2. The van der Waals surface area contributed by atoms with E-state index in [0.717, 1.165) is 0 Å². The molecular weight excluding hydrogens is 256 g/mol. The molecule has 0 saturated heterocycles. The Labute approximate surface area is 116 Å². The smallest absolute Gasteiger partial charge is 0.449 e. The summed E-state index contributed by atoms with van der Waals surface area (Å²) in [6.07, 6.45) is 0. The Morgan fingerprint density at radius 3 is 1.20 bits per heavy atom. The van der Waals surface area contributed by atoms with Gasteiger partial charge in [0.15, 0.2) is 0 Å². The van der Waals surface area contributed by atoms with Gasteiger partial charge >= 0.3 is 11.6 Å². The van der Waals surface area contributed by atoms with E-state index in [4.69, 9.17) is 9.47 Å². The van der Waals surface area contributed by atoms with Gasteiger partial charge in [-0.2, -0.15) is 0 Å². The van der Waals surface area contributed by atoms with Crippen LogP contribution in [0.4, 0.5) is 0 Å². The number of ketones is 2. The fraction of sp³-hybridized carbons (Fsp3) is 0.125. The second kappa shape index (κ2) is 6.02. The molecular formula is C16H16O4+2. The van der Waals surface area contributed by atoms with Crippen LogP contribution in [-0.2, 0) is 0 Å². The summed E-state index contributed by atoms with van der Waals surface area (Å²) < 4.78 is 10.1. The molecule has 2 rings (SSSR count). The van der Waals surface area contributed by atoms with Gasteiger partial charge in [0.25, 0.3) is 0 Å². The molecule has 4 heteroatoms. The average molecular weight is 272 g/mol. The molecule has 0 aliphatic heterocycles. The maximum atomic E-state index is 10.1. The summed E-state index contributed by atoms with van der Waals surface area (Å²) in [6, 6.07) is 13.6. The standard InChI is InChI=1S/C16H14O4/c1-19-13-7-3-11(4-8-13)15(17)16(18)12-5-9-14(20-2)10-6-12/h3-10H,1-2H3/p+2. The molecule has 0 aliphatic rings. The van der Waals surface area contributed by atoms with E-state index in [1.807, 2.05) is 0 Å². The molecule has 2 aromatic carbocycles. The van der Waals surface area contributed by atoms with Crippen LogP contribution in [0, 0.1) is 0 Å². The molecule has 0 aliphatic carbocycles. The van der Waals surface area contributed by atoms with Gasteiger partial charge < -0.3 is 9.47 Å². The maximum absolute atomic E-state index is 10.1. The van der Waals surface area contributed by atoms with Crippen LogP contribution in [0.1, 0.15) is 11.1 Å². The van der Waals surface area contributed by atoms with Crippen LogP contribution < -0.4 is 9.47 Å². The molecule has 0 amide bonds. The Bertz CT molecular complexity index is 554. The van der Waals surface area contributed by atoms with Crippen molar-refractivity contribution in [1.29, 1.82) is 0 Å². The predicted molar refractivity (Wildman–Crippen MR) is 78.1 cm³/mol. The molecule has 0 aromatic heterocycles. The number of benzene rings is 2. The highest BCUT2D eigenvalue weighted by Gasteiger charge is 2.31. The molecule has 0 heterocycles. The van der Waals surface area contributed by atoms with E-state index < -0.39 is 0 Å². The first kappa shape index (κ1) is 13.8. The summed E-state index contributed by atoms with van der Waals surface area (Å²) in [4.78, 5) is 20.2. The van der Waals surface area contributed by atoms with E-state index in [1.54, 1.807) is 62.8 Å². The Kier molecular flexibility index (Phi) is 4.15. The molecule has 0 atom stereocenters. The minimum atomic E-state index is -0.183. The van der Waals surface area contributed by atoms with Gasteiger partial charge in [0.1, 0.15) is 11.5 Å². The molecule has 0 saturated carbocycles. The van der Waals surface area contributed by atoms with Gasteiger partial charge in [-0.1, -0.05) is 0 Å². The van der Waals surface area contributed by atoms with Crippen molar-refractivity contribution in [1.82, 2.24) is 0 Å². The molecule has 0 bridgehead atoms. The van der Waals surface area contributed by atoms with Crippen LogP contribution >= 0.6 is 0 Å². The van der Waals surface area contributed by atoms with E-state index in [2.05, 4.69) is 0 Å². The number of rotatable bonds is 5. The van der Waals surface area contributed by atoms with Crippen LogP contribution in [0.25, 0.3) is 0 Å². The van der Waals surface area contributed by atoms with Crippen LogP contribution in [0.5, 0.6) is 11.5 Å². The van der Waals surface area contributed by atoms with Crippen LogP contribution in [0.15, 0.2) is 48.5 Å². The molecule has 0 unspecified atom stereocenters. The van der Waals surface area contributed by atoms with Crippen molar-refractivity contribution >= 4 is 11.6 Å². The summed E-state index contributed by atoms with van der Waals surface area (Å²) >= 11 is 0. The van der Waals surface area contributed by atoms with Crippen molar-refractivity contribution in [3.05, 3.63) is 59.7 Å². The van der Waals surface area contributed by atoms with Crippen molar-refractivity contribution in [2.45, 2.75) is 0 Å². The fourth-order valence-electron chi connectivity index (χ4n) is 1.77. The molecule has 0 fully saturated rings. The lowest BCUT2D eigenvalue weighted by atomic mass is 10.0. The van der Waals surface area contributed by atoms with Gasteiger partial charge in [0.2, 0.25) is 0 Å². The van der Waals surface area contributed by atoms with Gasteiger partial charge in [-0.05, 0) is 48.5 Å². The Morgan fingerprint density at radius 1 is 0.650 bits per heavy atom. The molecule has 102 valence electrons. The number of hydrogen-bond acceptors (Lipinski definition) is 2. The van der Waals surface area contributed by atoms with Crippen LogP contribution in [0.2, 0.25) is 0 Å². The van der Waals surface area contributed by atoms with Gasteiger partial charge in [-0.15, -0.1) is 0 Å². The van der Waals surface area contributed by atoms with Gasteiger partial charge in [0.05, 0.1) is 25.3 Å². The maximum Gasteiger partial charge on any atom is 0.449 e. The zero-order valence-electron chi connectivity index (χ0n) is 11.3. The predicted octanol–water partition coefficient (Wildman–Crippen LogP) is 2.19. The second-order valence-corrected chi connectivity index (χ2v) is 4.15. The first-order valence-corrected chi connectivity index (χ1v) is 6.06. The molecule has 0 radical (unpaired) electrons. The lowest BCUT2D eigenvalue weighted by Gasteiger charge is -1.99. The van der Waals surface area contributed by atoms with Crippen molar-refractivity contribution in [3.63, 3.8) is 0 Å². The van der Waals surface area contributed by atoms with Crippen LogP contribution in [0.3, 0.4) is 0 Å². The highest BCUT2D eigenvalue weighted by Crippen LogP contribution is 2.15. The molecule has 4 nitrogen and oxygen atoms in total. The summed E-state index contributed by atoms with van der Waals surface area (Å²) in [5.41, 5.74) is 1.03. The summed E-state index contributed by atoms with van der Waals surface area (Å²) in [6.45, 7) is 0. The number of methoxy groups -OCH3 is 2. The minimum Gasteiger partial charge on any atom is -0.497 e. The fourth-order valence-corrected chi connectivity index (χ4v) is 1.77. The van der Waals surface area contributed by atoms with Crippen molar-refractivity contribution in [2.24, 2.45) is 0 Å². The lowest BCUT2D eigenvalue weighted by Crippen LogP contribution is -2.17. The van der Waals surface area contributed by atoms with Gasteiger partial charge in [-0.3, -0.25) is 9.59 Å². The van der Waals surface area contributed by atoms with Crippen LogP contribution in [-0.4, -0.2) is 35.4 Å². The van der Waals surface area contributed by atoms with Gasteiger partial charge in [0, 0.05) is 0 Å². The van der Waals surface area contributed by atoms with E-state index >= 15 is 0 Å². The molecule has 20 heavy (non-hydrogen) atoms. The number of ether oxygens (including phenoxy) is 2. The van der Waals surface area contributed by atoms with Crippen molar-refractivity contribution in [2.75, 3.05) is 14.2 Å². The first-order valence-electron chi connectivity index (χ1n) is 6.06. The van der Waals surface area contributed by atoms with E-state index in [9.17, 15) is 9.59 Å². The highest BCUT2D eigenvalue weighted by molar-refractivity contribution is 6.49. The zero-order chi connectivity index (χ0) is 14.5. The molecule has 0 spiro atoms. The third-order valence-electron chi connectivity index (χ3n) is 2.95. The van der Waals surface area contributed by atoms with E-state index in [-0.39, 0.29) is 11.6 Å². The SMILES string of the molecule is COc1ccc(C(=[OH+])C(=[OH+])c2ccc(OC)cc2)cc1. The zero-order valence-corrected chi connectivity index (χ0v) is 11.3. The average Bonchev–Trinajstić information content (AvgIpc) is 2.53. The van der Waals surface area contributed by atoms with Crippen molar-refractivity contribution in [3.8, 4) is 11.5 Å². The third-order valence-corrected chi connectivity index (χ3v) is 2.95. The summed E-state index contributed by atoms with van der Waals surface area (Å²) in [7, 11) is 3.14. The monoisotopic (exact) mass is 272 g/mol. The normalized spacial score (nSPS) is 9.90. The topological polar surface area (TPSA) is 61.3 Å². The van der Waals surface area contributed by atoms with Crippen molar-refractivity contribution < 1.29 is 19.1 Å². The quantitative estimate of drug-likeness (QED) is 0.476. The van der Waals surface area contributed by atoms with Gasteiger partial charge in [-0.25, -0.2) is 0 Å². The largest absolute Gasteiger partial charge is 0.497 e. The Hall–Kier alpha value is -2.62. The second-order valence-electron chi connectivity index (χ2n) is 4.15. The highest BCUT2D eigenvalue weighted by atomic mass is 16.5. The van der Waals surface area contributed by atoms with E-state index in [1.165, 1.54) is 0 Å². The Morgan fingerprint density at radius 2 is 0.950 bits per heavy atom. The minimum absolute atomic E-state index is 0.183. The lowest BCUT2D eigenvalue weighted by molar-refractivity contribution is 0.414. The van der Waals surface area contributed by atoms with E-state index in [0.29, 0.717) is 22.6 Å². The summed E-state index contributed by atoms with van der Waals surface area (Å²) in [5, 5.41) is 0. The summed E-state index contributed by atoms with van der Waals surface area (Å²) in [5.74, 6) is 1.01. The third kappa shape index (κ3) is 2.85. The number of hydrogen-bond donors (Lipinski definition) is 0.